The number of hydrogen-bond donors (Lipinski definition) is 3. The zero-order valence-electron chi connectivity index (χ0n) is 15.1. The van der Waals surface area contributed by atoms with Gasteiger partial charge >= 0.3 is 6.09 Å². The molecular weight excluding hydrogens is 356 g/mol. The quantitative estimate of drug-likeness (QED) is 0.566. The molecule has 6 nitrogen and oxygen atoms in total. The summed E-state index contributed by atoms with van der Waals surface area (Å²) in [6.07, 6.45) is -0.509. The highest BCUT2D eigenvalue weighted by Crippen LogP contribution is 2.22. The number of ether oxygens (including phenoxy) is 1. The highest BCUT2D eigenvalue weighted by Gasteiger charge is 2.09. The first kappa shape index (κ1) is 19.0. The van der Waals surface area contributed by atoms with Crippen LogP contribution in [0.5, 0.6) is 5.75 Å². The Bertz CT molecular complexity index is 940. The molecule has 0 heterocycles. The van der Waals surface area contributed by atoms with E-state index in [9.17, 15) is 14.7 Å². The summed E-state index contributed by atoms with van der Waals surface area (Å²) >= 11 is 0. The molecule has 6 heteroatoms. The molecule has 0 saturated heterocycles. The van der Waals surface area contributed by atoms with E-state index >= 15 is 0 Å². The van der Waals surface area contributed by atoms with Crippen molar-refractivity contribution in [2.75, 3.05) is 5.32 Å². The Morgan fingerprint density at radius 2 is 1.50 bits per heavy atom. The molecule has 3 rings (SSSR count). The van der Waals surface area contributed by atoms with Gasteiger partial charge in [0.1, 0.15) is 12.4 Å². The lowest BCUT2D eigenvalue weighted by Crippen LogP contribution is -2.23. The molecule has 0 aromatic heterocycles. The van der Waals surface area contributed by atoms with Crippen LogP contribution in [-0.4, -0.2) is 17.1 Å². The van der Waals surface area contributed by atoms with Crippen molar-refractivity contribution in [2.45, 2.75) is 13.2 Å². The van der Waals surface area contributed by atoms with Crippen LogP contribution < -0.4 is 10.6 Å². The van der Waals surface area contributed by atoms with E-state index in [1.807, 2.05) is 30.3 Å². The SMILES string of the molecule is O=C(NCc1ccc(C(=O)Nc2ccccc2O)cc1)OCc1ccccc1. The van der Waals surface area contributed by atoms with Gasteiger partial charge in [-0.05, 0) is 35.4 Å². The van der Waals surface area contributed by atoms with Crippen LogP contribution in [0.1, 0.15) is 21.5 Å². The van der Waals surface area contributed by atoms with Crippen LogP contribution in [0.15, 0.2) is 78.9 Å². The van der Waals surface area contributed by atoms with Crippen molar-refractivity contribution >= 4 is 17.7 Å². The van der Waals surface area contributed by atoms with E-state index in [-0.39, 0.29) is 24.8 Å². The zero-order valence-corrected chi connectivity index (χ0v) is 15.1. The third-order valence-corrected chi connectivity index (χ3v) is 4.02. The summed E-state index contributed by atoms with van der Waals surface area (Å²) in [5.41, 5.74) is 2.53. The van der Waals surface area contributed by atoms with Crippen molar-refractivity contribution in [2.24, 2.45) is 0 Å². The van der Waals surface area contributed by atoms with E-state index in [1.165, 1.54) is 6.07 Å². The number of carbonyl (C=O) groups excluding carboxylic acids is 2. The minimum absolute atomic E-state index is 0.00526. The minimum Gasteiger partial charge on any atom is -0.506 e. The third kappa shape index (κ3) is 5.35. The first-order chi connectivity index (χ1) is 13.6. The predicted octanol–water partition coefficient (Wildman–Crippen LogP) is 4.07. The molecule has 0 aliphatic heterocycles. The molecular formula is C22H20N2O4. The van der Waals surface area contributed by atoms with Crippen LogP contribution in [0.3, 0.4) is 0 Å². The number of para-hydroxylation sites is 2. The van der Waals surface area contributed by atoms with Gasteiger partial charge in [0.2, 0.25) is 0 Å². The maximum Gasteiger partial charge on any atom is 0.407 e. The van der Waals surface area contributed by atoms with Gasteiger partial charge in [-0.25, -0.2) is 4.79 Å². The lowest BCUT2D eigenvalue weighted by atomic mass is 10.1. The second kappa shape index (κ2) is 9.23. The fourth-order valence-corrected chi connectivity index (χ4v) is 2.50. The molecule has 0 unspecified atom stereocenters. The predicted molar refractivity (Wildman–Crippen MR) is 106 cm³/mol. The number of amides is 2. The smallest absolute Gasteiger partial charge is 0.407 e. The molecule has 0 aliphatic rings. The highest BCUT2D eigenvalue weighted by atomic mass is 16.5. The van der Waals surface area contributed by atoms with Gasteiger partial charge in [-0.15, -0.1) is 0 Å². The van der Waals surface area contributed by atoms with Crippen molar-refractivity contribution in [3.63, 3.8) is 0 Å². The van der Waals surface area contributed by atoms with Gasteiger partial charge in [-0.2, -0.15) is 0 Å². The zero-order chi connectivity index (χ0) is 19.8. The van der Waals surface area contributed by atoms with Gasteiger partial charge in [0.15, 0.2) is 0 Å². The number of nitrogens with one attached hydrogen (secondary N) is 2. The van der Waals surface area contributed by atoms with Crippen LogP contribution in [0, 0.1) is 0 Å². The normalized spacial score (nSPS) is 10.1. The molecule has 3 aromatic rings. The average molecular weight is 376 g/mol. The van der Waals surface area contributed by atoms with Crippen LogP contribution in [0.4, 0.5) is 10.5 Å². The van der Waals surface area contributed by atoms with E-state index in [4.69, 9.17) is 4.74 Å². The van der Waals surface area contributed by atoms with Gasteiger partial charge in [0, 0.05) is 12.1 Å². The number of alkyl carbamates (subject to hydrolysis) is 1. The summed E-state index contributed by atoms with van der Waals surface area (Å²) in [5.74, 6) is -0.325. The van der Waals surface area contributed by atoms with Crippen molar-refractivity contribution in [1.29, 1.82) is 0 Å². The molecule has 0 saturated carbocycles. The van der Waals surface area contributed by atoms with Crippen LogP contribution >= 0.6 is 0 Å². The molecule has 0 bridgehead atoms. The van der Waals surface area contributed by atoms with Crippen LogP contribution in [0.2, 0.25) is 0 Å². The number of benzene rings is 3. The topological polar surface area (TPSA) is 87.7 Å². The molecule has 0 spiro atoms. The largest absolute Gasteiger partial charge is 0.506 e. The second-order valence-corrected chi connectivity index (χ2v) is 6.08. The number of hydrogen-bond acceptors (Lipinski definition) is 4. The molecule has 0 aliphatic carbocycles. The molecule has 28 heavy (non-hydrogen) atoms. The van der Waals surface area contributed by atoms with E-state index in [2.05, 4.69) is 10.6 Å². The Hall–Kier alpha value is -3.80. The number of phenols is 1. The minimum atomic E-state index is -0.509. The Morgan fingerprint density at radius 3 is 2.21 bits per heavy atom. The fourth-order valence-electron chi connectivity index (χ4n) is 2.50. The van der Waals surface area contributed by atoms with Gasteiger partial charge in [-0.3, -0.25) is 4.79 Å². The van der Waals surface area contributed by atoms with Gasteiger partial charge in [-0.1, -0.05) is 54.6 Å². The van der Waals surface area contributed by atoms with E-state index in [1.54, 1.807) is 42.5 Å². The Balaban J connectivity index is 1.48. The summed E-state index contributed by atoms with van der Waals surface area (Å²) in [5, 5.41) is 15.0. The maximum atomic E-state index is 12.3. The standard InChI is InChI=1S/C22H20N2O4/c25-20-9-5-4-8-19(20)24-21(26)18-12-10-16(11-13-18)14-23-22(27)28-15-17-6-2-1-3-7-17/h1-13,25H,14-15H2,(H,23,27)(H,24,26). The highest BCUT2D eigenvalue weighted by molar-refractivity contribution is 6.05. The average Bonchev–Trinajstić information content (AvgIpc) is 2.73. The Kier molecular flexibility index (Phi) is 6.25. The van der Waals surface area contributed by atoms with Gasteiger partial charge in [0.05, 0.1) is 5.69 Å². The monoisotopic (exact) mass is 376 g/mol. The number of anilines is 1. The molecule has 3 N–H and O–H groups in total. The van der Waals surface area contributed by atoms with Gasteiger partial charge < -0.3 is 20.5 Å². The van der Waals surface area contributed by atoms with Crippen molar-refractivity contribution in [3.8, 4) is 5.75 Å². The number of phenolic OH excluding ortho intramolecular Hbond substituents is 1. The first-order valence-electron chi connectivity index (χ1n) is 8.74. The van der Waals surface area contributed by atoms with E-state index in [0.717, 1.165) is 11.1 Å². The molecule has 0 fully saturated rings. The molecule has 142 valence electrons. The van der Waals surface area contributed by atoms with Crippen molar-refractivity contribution in [1.82, 2.24) is 5.32 Å². The summed E-state index contributed by atoms with van der Waals surface area (Å²) in [4.78, 5) is 24.0. The number of carbonyl (C=O) groups is 2. The molecule has 0 atom stereocenters. The summed E-state index contributed by atoms with van der Waals surface area (Å²) < 4.78 is 5.15. The Morgan fingerprint density at radius 1 is 0.821 bits per heavy atom. The van der Waals surface area contributed by atoms with E-state index < -0.39 is 6.09 Å². The number of aromatic hydroxyl groups is 1. The summed E-state index contributed by atoms with van der Waals surface area (Å²) in [7, 11) is 0. The molecule has 0 radical (unpaired) electrons. The fraction of sp³-hybridized carbons (Fsp3) is 0.0909. The van der Waals surface area contributed by atoms with Crippen molar-refractivity contribution < 1.29 is 19.4 Å². The molecule has 2 amide bonds. The maximum absolute atomic E-state index is 12.3. The lowest BCUT2D eigenvalue weighted by molar-refractivity contribution is 0.102. The number of rotatable bonds is 6. The van der Waals surface area contributed by atoms with E-state index in [0.29, 0.717) is 11.3 Å². The second-order valence-electron chi connectivity index (χ2n) is 6.08. The lowest BCUT2D eigenvalue weighted by Gasteiger charge is -2.09. The first-order valence-corrected chi connectivity index (χ1v) is 8.74. The van der Waals surface area contributed by atoms with Crippen LogP contribution in [0.25, 0.3) is 0 Å². The van der Waals surface area contributed by atoms with Crippen LogP contribution in [-0.2, 0) is 17.9 Å². The van der Waals surface area contributed by atoms with Crippen molar-refractivity contribution in [3.05, 3.63) is 95.6 Å². The Labute approximate surface area is 162 Å². The summed E-state index contributed by atoms with van der Waals surface area (Å²) in [6.45, 7) is 0.493. The van der Waals surface area contributed by atoms with Gasteiger partial charge in [0.25, 0.3) is 5.91 Å². The summed E-state index contributed by atoms with van der Waals surface area (Å²) in [6, 6.07) is 22.7. The third-order valence-electron chi connectivity index (χ3n) is 4.02. The molecule has 3 aromatic carbocycles.